The predicted molar refractivity (Wildman–Crippen MR) is 89.6 cm³/mol. The Hall–Kier alpha value is -1.69. The van der Waals surface area contributed by atoms with Crippen LogP contribution in [0, 0.1) is 11.8 Å². The smallest absolute Gasteiger partial charge is 0.330 e. The van der Waals surface area contributed by atoms with Crippen molar-refractivity contribution in [2.24, 2.45) is 0 Å². The van der Waals surface area contributed by atoms with Crippen LogP contribution in [0.3, 0.4) is 0 Å². The highest BCUT2D eigenvalue weighted by atomic mass is 31.1. The van der Waals surface area contributed by atoms with Crippen LogP contribution in [0.15, 0.2) is 15.8 Å². The average Bonchev–Trinajstić information content (AvgIpc) is 2.96. The second-order valence-corrected chi connectivity index (χ2v) is 6.28. The van der Waals surface area contributed by atoms with Crippen LogP contribution >= 0.6 is 8.25 Å². The minimum Gasteiger partial charge on any atom is -0.394 e. The third kappa shape index (κ3) is 4.91. The molecule has 2 rings (SSSR count). The lowest BCUT2D eigenvalue weighted by atomic mass is 10.2. The summed E-state index contributed by atoms with van der Waals surface area (Å²) in [6.45, 7) is 3.38. The number of nitrogens with zero attached hydrogens (tertiary/aromatic N) is 1. The molecule has 0 aromatic carbocycles. The van der Waals surface area contributed by atoms with Gasteiger partial charge in [-0.2, -0.15) is 0 Å². The molecule has 2 heterocycles. The van der Waals surface area contributed by atoms with Crippen LogP contribution in [0.4, 0.5) is 0 Å². The van der Waals surface area contributed by atoms with Crippen LogP contribution in [-0.2, 0) is 18.3 Å². The van der Waals surface area contributed by atoms with E-state index < -0.39 is 37.9 Å². The molecule has 1 aromatic heterocycles. The third-order valence-electron chi connectivity index (χ3n) is 3.55. The molecule has 1 unspecified atom stereocenters. The summed E-state index contributed by atoms with van der Waals surface area (Å²) < 4.78 is 28.6. The molecule has 10 heteroatoms. The van der Waals surface area contributed by atoms with E-state index in [0.29, 0.717) is 6.42 Å². The van der Waals surface area contributed by atoms with E-state index in [4.69, 9.17) is 13.8 Å². The fourth-order valence-electron chi connectivity index (χ4n) is 2.41. The van der Waals surface area contributed by atoms with Gasteiger partial charge in [-0.25, -0.2) is 4.79 Å². The van der Waals surface area contributed by atoms with Gasteiger partial charge in [-0.3, -0.25) is 18.9 Å². The second-order valence-electron chi connectivity index (χ2n) is 5.25. The first-order chi connectivity index (χ1) is 12.0. The van der Waals surface area contributed by atoms with Crippen LogP contribution in [0.5, 0.6) is 0 Å². The molecule has 0 amide bonds. The van der Waals surface area contributed by atoms with E-state index in [1.807, 2.05) is 6.92 Å². The molecule has 4 atom stereocenters. The topological polar surface area (TPSA) is 120 Å². The molecule has 1 saturated heterocycles. The largest absolute Gasteiger partial charge is 0.394 e. The number of aliphatic hydroxyl groups is 1. The molecule has 0 spiro atoms. The third-order valence-corrected chi connectivity index (χ3v) is 4.57. The van der Waals surface area contributed by atoms with Gasteiger partial charge in [-0.05, 0) is 6.92 Å². The Bertz CT molecular complexity index is 792. The first-order valence-electron chi connectivity index (χ1n) is 7.94. The van der Waals surface area contributed by atoms with Crippen molar-refractivity contribution in [1.82, 2.24) is 9.55 Å². The summed E-state index contributed by atoms with van der Waals surface area (Å²) in [6.07, 6.45) is -0.198. The average molecular weight is 372 g/mol. The van der Waals surface area contributed by atoms with Gasteiger partial charge in [0.05, 0.1) is 19.3 Å². The Morgan fingerprint density at radius 3 is 2.88 bits per heavy atom. The fourth-order valence-corrected chi connectivity index (χ4v) is 3.21. The summed E-state index contributed by atoms with van der Waals surface area (Å²) in [7, 11) is -2.72. The van der Waals surface area contributed by atoms with Crippen molar-refractivity contribution in [3.05, 3.63) is 32.6 Å². The van der Waals surface area contributed by atoms with Gasteiger partial charge in [0.1, 0.15) is 17.9 Å². The maximum Gasteiger partial charge on any atom is 0.330 e. The van der Waals surface area contributed by atoms with Crippen molar-refractivity contribution in [2.75, 3.05) is 13.2 Å². The lowest BCUT2D eigenvalue weighted by Gasteiger charge is -2.15. The van der Waals surface area contributed by atoms with Gasteiger partial charge >= 0.3 is 13.9 Å². The Morgan fingerprint density at radius 2 is 2.24 bits per heavy atom. The minimum atomic E-state index is -2.72. The van der Waals surface area contributed by atoms with Gasteiger partial charge in [0, 0.05) is 19.0 Å². The SMILES string of the molecule is CCC#Cc1cn([C@H]2C[C@@H](O[PH](=O)OCC)[C@@H](CO)O2)c(=O)[nH]c1=O. The molecule has 2 N–H and O–H groups in total. The Morgan fingerprint density at radius 1 is 1.48 bits per heavy atom. The van der Waals surface area contributed by atoms with E-state index >= 15 is 0 Å². The van der Waals surface area contributed by atoms with E-state index in [1.54, 1.807) is 6.92 Å². The second kappa shape index (κ2) is 9.13. The molecule has 0 bridgehead atoms. The van der Waals surface area contributed by atoms with Crippen molar-refractivity contribution < 1.29 is 23.5 Å². The van der Waals surface area contributed by atoms with Gasteiger partial charge in [-0.15, -0.1) is 0 Å². The number of aromatic nitrogens is 2. The van der Waals surface area contributed by atoms with Crippen molar-refractivity contribution in [2.45, 2.75) is 45.1 Å². The zero-order valence-corrected chi connectivity index (χ0v) is 15.0. The number of ether oxygens (including phenoxy) is 1. The van der Waals surface area contributed by atoms with Gasteiger partial charge in [0.25, 0.3) is 5.56 Å². The highest BCUT2D eigenvalue weighted by Gasteiger charge is 2.38. The molecular formula is C15H21N2O7P. The predicted octanol–water partition coefficient (Wildman–Crippen LogP) is 0.389. The monoisotopic (exact) mass is 372 g/mol. The van der Waals surface area contributed by atoms with E-state index in [-0.39, 0.29) is 25.2 Å². The molecule has 138 valence electrons. The first-order valence-corrected chi connectivity index (χ1v) is 9.16. The molecule has 9 nitrogen and oxygen atoms in total. The van der Waals surface area contributed by atoms with Crippen molar-refractivity contribution in [1.29, 1.82) is 0 Å². The molecule has 25 heavy (non-hydrogen) atoms. The van der Waals surface area contributed by atoms with Gasteiger partial charge < -0.3 is 18.9 Å². The van der Waals surface area contributed by atoms with Crippen LogP contribution in [0.25, 0.3) is 0 Å². The van der Waals surface area contributed by atoms with Crippen molar-refractivity contribution in [3.8, 4) is 11.8 Å². The molecule has 0 aliphatic carbocycles. The molecule has 1 fully saturated rings. The Labute approximate surface area is 144 Å². The number of nitrogens with one attached hydrogen (secondary N) is 1. The molecule has 1 aliphatic rings. The quantitative estimate of drug-likeness (QED) is 0.547. The number of rotatable bonds is 6. The number of H-pyrrole nitrogens is 1. The zero-order chi connectivity index (χ0) is 18.4. The van der Waals surface area contributed by atoms with Crippen LogP contribution < -0.4 is 11.2 Å². The summed E-state index contributed by atoms with van der Waals surface area (Å²) in [5.41, 5.74) is -1.10. The first kappa shape index (κ1) is 19.6. The van der Waals surface area contributed by atoms with E-state index in [9.17, 15) is 19.3 Å². The Kier molecular flexibility index (Phi) is 7.17. The van der Waals surface area contributed by atoms with Crippen LogP contribution in [0.2, 0.25) is 0 Å². The highest BCUT2D eigenvalue weighted by molar-refractivity contribution is 7.33. The lowest BCUT2D eigenvalue weighted by molar-refractivity contribution is -0.0428. The summed E-state index contributed by atoms with van der Waals surface area (Å²) in [5.74, 6) is 5.45. The van der Waals surface area contributed by atoms with Gasteiger partial charge in [-0.1, -0.05) is 18.8 Å². The summed E-state index contributed by atoms with van der Waals surface area (Å²) in [4.78, 5) is 26.0. The number of aromatic amines is 1. The van der Waals surface area contributed by atoms with Crippen molar-refractivity contribution >= 4 is 8.25 Å². The fraction of sp³-hybridized carbons (Fsp3) is 0.600. The summed E-state index contributed by atoms with van der Waals surface area (Å²) in [5, 5.41) is 9.42. The number of hydrogen-bond acceptors (Lipinski definition) is 7. The molecule has 0 radical (unpaired) electrons. The molecule has 1 aromatic rings. The normalized spacial score (nSPS) is 23.9. The number of aliphatic hydroxyl groups excluding tert-OH is 1. The molecular weight excluding hydrogens is 351 g/mol. The summed E-state index contributed by atoms with van der Waals surface area (Å²) in [6, 6.07) is 0. The van der Waals surface area contributed by atoms with E-state index in [0.717, 1.165) is 0 Å². The lowest BCUT2D eigenvalue weighted by Crippen LogP contribution is -2.33. The zero-order valence-electron chi connectivity index (χ0n) is 14.0. The van der Waals surface area contributed by atoms with E-state index in [1.165, 1.54) is 10.8 Å². The van der Waals surface area contributed by atoms with Crippen LogP contribution in [-0.4, -0.2) is 40.1 Å². The highest BCUT2D eigenvalue weighted by Crippen LogP contribution is 2.36. The van der Waals surface area contributed by atoms with Crippen LogP contribution in [0.1, 0.15) is 38.5 Å². The van der Waals surface area contributed by atoms with Gasteiger partial charge in [0.2, 0.25) is 0 Å². The maximum atomic E-state index is 12.1. The Balaban J connectivity index is 2.25. The minimum absolute atomic E-state index is 0.137. The van der Waals surface area contributed by atoms with E-state index in [2.05, 4.69) is 16.8 Å². The maximum absolute atomic E-state index is 12.1. The summed E-state index contributed by atoms with van der Waals surface area (Å²) >= 11 is 0. The standard InChI is InChI=1S/C15H21N2O7P/c1-3-5-6-10-8-17(15(20)16-14(10)19)13-7-11(12(9-18)23-13)24-25(21)22-4-2/h8,11-13,18,25H,3-4,7,9H2,1-2H3,(H,16,19,20)/t11-,12-,13-/m1/s1. The van der Waals surface area contributed by atoms with Gasteiger partial charge in [0.15, 0.2) is 0 Å². The molecule has 1 aliphatic heterocycles. The van der Waals surface area contributed by atoms with Crippen molar-refractivity contribution in [3.63, 3.8) is 0 Å². The number of hydrogen-bond donors (Lipinski definition) is 2. The molecule has 0 saturated carbocycles.